The van der Waals surface area contributed by atoms with Gasteiger partial charge in [0.25, 0.3) is 10.2 Å². The van der Waals surface area contributed by atoms with Gasteiger partial charge in [-0.25, -0.2) is 0 Å². The highest BCUT2D eigenvalue weighted by Crippen LogP contribution is 2.27. The van der Waals surface area contributed by atoms with E-state index in [9.17, 15) is 8.42 Å². The highest BCUT2D eigenvalue weighted by molar-refractivity contribution is 7.86. The van der Waals surface area contributed by atoms with Crippen LogP contribution in [0.2, 0.25) is 0 Å². The van der Waals surface area contributed by atoms with Crippen LogP contribution in [-0.4, -0.2) is 68.8 Å². The number of hydrogen-bond donors (Lipinski definition) is 0. The number of rotatable bonds is 6. The topological polar surface area (TPSA) is 53.1 Å². The summed E-state index contributed by atoms with van der Waals surface area (Å²) in [5.41, 5.74) is 1.10. The lowest BCUT2D eigenvalue weighted by Gasteiger charge is -2.40. The first-order valence-electron chi connectivity index (χ1n) is 8.03. The third-order valence-electron chi connectivity index (χ3n) is 4.47. The molecule has 1 aromatic rings. The van der Waals surface area contributed by atoms with Gasteiger partial charge in [-0.3, -0.25) is 4.90 Å². The fourth-order valence-corrected chi connectivity index (χ4v) is 4.58. The third kappa shape index (κ3) is 3.85. The Balaban J connectivity index is 2.21. The van der Waals surface area contributed by atoms with Crippen LogP contribution < -0.4 is 4.74 Å². The van der Waals surface area contributed by atoms with Crippen LogP contribution in [0.3, 0.4) is 0 Å². The van der Waals surface area contributed by atoms with Crippen molar-refractivity contribution in [3.8, 4) is 5.75 Å². The normalized spacial score (nSPS) is 20.8. The maximum atomic E-state index is 12.7. The third-order valence-corrected chi connectivity index (χ3v) is 6.62. The Bertz CT molecular complexity index is 600. The Morgan fingerprint density at radius 2 is 1.78 bits per heavy atom. The van der Waals surface area contributed by atoms with Gasteiger partial charge in [0, 0.05) is 38.8 Å². The molecule has 0 aliphatic carbocycles. The van der Waals surface area contributed by atoms with Gasteiger partial charge in [0.1, 0.15) is 5.75 Å². The Hall–Kier alpha value is -1.15. The lowest BCUT2D eigenvalue weighted by molar-refractivity contribution is 0.143. The molecule has 1 fully saturated rings. The van der Waals surface area contributed by atoms with Crippen LogP contribution in [-0.2, 0) is 10.2 Å². The van der Waals surface area contributed by atoms with Crippen LogP contribution >= 0.6 is 0 Å². The summed E-state index contributed by atoms with van der Waals surface area (Å²) in [5, 5.41) is 0. The second-order valence-electron chi connectivity index (χ2n) is 5.72. The van der Waals surface area contributed by atoms with Crippen molar-refractivity contribution >= 4 is 10.2 Å². The molecule has 1 atom stereocenters. The minimum atomic E-state index is -3.39. The number of piperazine rings is 1. The molecule has 0 radical (unpaired) electrons. The van der Waals surface area contributed by atoms with Crippen molar-refractivity contribution in [2.45, 2.75) is 19.9 Å². The fourth-order valence-electron chi connectivity index (χ4n) is 2.96. The van der Waals surface area contributed by atoms with Crippen LogP contribution in [0.1, 0.15) is 25.5 Å². The largest absolute Gasteiger partial charge is 0.497 e. The first-order chi connectivity index (χ1) is 10.9. The standard InChI is InChI=1S/C16H27N3O3S/c1-5-18(6-2)23(20,21)19-12-11-17(3)16(13-19)14-7-9-15(22-4)10-8-14/h7-10,16H,5-6,11-13H2,1-4H3. The van der Waals surface area contributed by atoms with Crippen molar-refractivity contribution in [2.75, 3.05) is 46.9 Å². The van der Waals surface area contributed by atoms with Gasteiger partial charge < -0.3 is 4.74 Å². The Labute approximate surface area is 139 Å². The predicted molar refractivity (Wildman–Crippen MR) is 91.8 cm³/mol. The van der Waals surface area contributed by atoms with Gasteiger partial charge in [-0.05, 0) is 24.7 Å². The molecule has 23 heavy (non-hydrogen) atoms. The van der Waals surface area contributed by atoms with Gasteiger partial charge in [0.15, 0.2) is 0 Å². The van der Waals surface area contributed by atoms with Crippen LogP contribution in [0.25, 0.3) is 0 Å². The second-order valence-corrected chi connectivity index (χ2v) is 7.65. The van der Waals surface area contributed by atoms with Crippen molar-refractivity contribution in [1.29, 1.82) is 0 Å². The molecule has 7 heteroatoms. The lowest BCUT2D eigenvalue weighted by atomic mass is 10.0. The van der Waals surface area contributed by atoms with E-state index in [1.807, 2.05) is 45.2 Å². The van der Waals surface area contributed by atoms with E-state index in [0.717, 1.165) is 17.9 Å². The van der Waals surface area contributed by atoms with Crippen LogP contribution in [0, 0.1) is 0 Å². The zero-order chi connectivity index (χ0) is 17.0. The maximum absolute atomic E-state index is 12.7. The molecular weight excluding hydrogens is 314 g/mol. The summed E-state index contributed by atoms with van der Waals surface area (Å²) in [6.07, 6.45) is 0. The molecule has 1 aliphatic rings. The Kier molecular flexibility index (Phi) is 6.02. The van der Waals surface area contributed by atoms with E-state index in [1.165, 1.54) is 4.31 Å². The van der Waals surface area contributed by atoms with Gasteiger partial charge in [0.2, 0.25) is 0 Å². The molecule has 1 unspecified atom stereocenters. The molecule has 0 N–H and O–H groups in total. The summed E-state index contributed by atoms with van der Waals surface area (Å²) >= 11 is 0. The number of benzene rings is 1. The first-order valence-corrected chi connectivity index (χ1v) is 9.43. The smallest absolute Gasteiger partial charge is 0.282 e. The van der Waals surface area contributed by atoms with Crippen molar-refractivity contribution in [1.82, 2.24) is 13.5 Å². The molecule has 6 nitrogen and oxygen atoms in total. The molecule has 2 rings (SSSR count). The second kappa shape index (κ2) is 7.61. The van der Waals surface area contributed by atoms with E-state index in [2.05, 4.69) is 4.90 Å². The number of nitrogens with zero attached hydrogens (tertiary/aromatic N) is 3. The number of likely N-dealkylation sites (N-methyl/N-ethyl adjacent to an activating group) is 1. The number of methoxy groups -OCH3 is 1. The Morgan fingerprint density at radius 3 is 2.30 bits per heavy atom. The highest BCUT2D eigenvalue weighted by atomic mass is 32.2. The minimum absolute atomic E-state index is 0.0555. The highest BCUT2D eigenvalue weighted by Gasteiger charge is 2.35. The molecule has 0 aromatic heterocycles. The summed E-state index contributed by atoms with van der Waals surface area (Å²) in [6.45, 7) is 6.47. The lowest BCUT2D eigenvalue weighted by Crippen LogP contribution is -2.53. The zero-order valence-corrected chi connectivity index (χ0v) is 15.2. The van der Waals surface area contributed by atoms with Gasteiger partial charge in [-0.15, -0.1) is 0 Å². The van der Waals surface area contributed by atoms with Crippen molar-refractivity contribution in [3.05, 3.63) is 29.8 Å². The summed E-state index contributed by atoms with van der Waals surface area (Å²) in [5.74, 6) is 0.805. The average molecular weight is 341 g/mol. The maximum Gasteiger partial charge on any atom is 0.282 e. The van der Waals surface area contributed by atoms with Crippen LogP contribution in [0.15, 0.2) is 24.3 Å². The van der Waals surface area contributed by atoms with Crippen molar-refractivity contribution < 1.29 is 13.2 Å². The van der Waals surface area contributed by atoms with Crippen LogP contribution in [0.4, 0.5) is 0 Å². The monoisotopic (exact) mass is 341 g/mol. The van der Waals surface area contributed by atoms with Gasteiger partial charge in [-0.1, -0.05) is 26.0 Å². The number of ether oxygens (including phenoxy) is 1. The molecule has 0 spiro atoms. The van der Waals surface area contributed by atoms with E-state index in [0.29, 0.717) is 26.2 Å². The summed E-state index contributed by atoms with van der Waals surface area (Å²) in [7, 11) is 0.291. The molecule has 1 aromatic carbocycles. The number of hydrogen-bond acceptors (Lipinski definition) is 4. The molecule has 0 amide bonds. The van der Waals surface area contributed by atoms with E-state index in [1.54, 1.807) is 11.4 Å². The first kappa shape index (κ1) is 18.2. The molecule has 0 saturated carbocycles. The van der Waals surface area contributed by atoms with Gasteiger partial charge in [-0.2, -0.15) is 17.0 Å². The van der Waals surface area contributed by atoms with Gasteiger partial charge >= 0.3 is 0 Å². The van der Waals surface area contributed by atoms with Crippen molar-refractivity contribution in [3.63, 3.8) is 0 Å². The SMILES string of the molecule is CCN(CC)S(=O)(=O)N1CCN(C)C(c2ccc(OC)cc2)C1. The quantitative estimate of drug-likeness (QED) is 0.788. The van der Waals surface area contributed by atoms with E-state index in [-0.39, 0.29) is 6.04 Å². The van der Waals surface area contributed by atoms with E-state index >= 15 is 0 Å². The van der Waals surface area contributed by atoms with E-state index < -0.39 is 10.2 Å². The molecule has 0 bridgehead atoms. The summed E-state index contributed by atoms with van der Waals surface area (Å²) in [6, 6.07) is 7.91. The van der Waals surface area contributed by atoms with E-state index in [4.69, 9.17) is 4.74 Å². The molecule has 130 valence electrons. The predicted octanol–water partition coefficient (Wildman–Crippen LogP) is 1.57. The van der Waals surface area contributed by atoms with Crippen molar-refractivity contribution in [2.24, 2.45) is 0 Å². The van der Waals surface area contributed by atoms with Gasteiger partial charge in [0.05, 0.1) is 7.11 Å². The zero-order valence-electron chi connectivity index (χ0n) is 14.4. The molecule has 1 heterocycles. The molecular formula is C16H27N3O3S. The molecule has 1 saturated heterocycles. The molecule has 1 aliphatic heterocycles. The average Bonchev–Trinajstić information content (AvgIpc) is 2.56. The summed E-state index contributed by atoms with van der Waals surface area (Å²) < 4.78 is 33.8. The Morgan fingerprint density at radius 1 is 1.17 bits per heavy atom. The fraction of sp³-hybridized carbons (Fsp3) is 0.625. The van der Waals surface area contributed by atoms with Crippen LogP contribution in [0.5, 0.6) is 5.75 Å². The summed E-state index contributed by atoms with van der Waals surface area (Å²) in [4.78, 5) is 2.20. The minimum Gasteiger partial charge on any atom is -0.497 e.